The number of benzene rings is 1. The summed E-state index contributed by atoms with van der Waals surface area (Å²) in [5, 5.41) is 3.08. The number of ether oxygens (including phenoxy) is 1. The Morgan fingerprint density at radius 1 is 1.44 bits per heavy atom. The molecule has 0 aromatic heterocycles. The largest absolute Gasteiger partial charge is 0.494 e. The molecule has 0 radical (unpaired) electrons. The Balaban J connectivity index is 2.60. The van der Waals surface area contributed by atoms with Gasteiger partial charge in [-0.3, -0.25) is 4.79 Å². The van der Waals surface area contributed by atoms with Gasteiger partial charge in [0.15, 0.2) is 5.78 Å². The van der Waals surface area contributed by atoms with Gasteiger partial charge in [-0.1, -0.05) is 13.0 Å². The zero-order chi connectivity index (χ0) is 13.4. The quantitative estimate of drug-likeness (QED) is 0.567. The van der Waals surface area contributed by atoms with E-state index in [0.717, 1.165) is 12.2 Å². The molecule has 3 heteroatoms. The summed E-state index contributed by atoms with van der Waals surface area (Å²) >= 11 is 0. The molecule has 0 aliphatic carbocycles. The Kier molecular flexibility index (Phi) is 6.15. The average molecular weight is 247 g/mol. The standard InChI is InChI=1S/C15H21NO2/c1-4-10-16-12(3)15(17)13-6-8-14(9-7-13)18-11-5-2/h4,6-9,12,16H,1,5,10-11H2,2-3H3. The number of ketones is 1. The Morgan fingerprint density at radius 3 is 2.67 bits per heavy atom. The van der Waals surface area contributed by atoms with E-state index in [9.17, 15) is 4.79 Å². The summed E-state index contributed by atoms with van der Waals surface area (Å²) in [6, 6.07) is 7.08. The minimum Gasteiger partial charge on any atom is -0.494 e. The minimum absolute atomic E-state index is 0.0823. The third kappa shape index (κ3) is 4.34. The lowest BCUT2D eigenvalue weighted by Gasteiger charge is -2.11. The summed E-state index contributed by atoms with van der Waals surface area (Å²) in [7, 11) is 0. The summed E-state index contributed by atoms with van der Waals surface area (Å²) in [6.07, 6.45) is 2.72. The molecule has 1 atom stereocenters. The summed E-state index contributed by atoms with van der Waals surface area (Å²) < 4.78 is 5.48. The van der Waals surface area contributed by atoms with Crippen molar-refractivity contribution in [2.45, 2.75) is 26.3 Å². The van der Waals surface area contributed by atoms with Gasteiger partial charge in [0.05, 0.1) is 12.6 Å². The van der Waals surface area contributed by atoms with Crippen molar-refractivity contribution in [2.75, 3.05) is 13.2 Å². The molecule has 1 aromatic carbocycles. The second-order valence-electron chi connectivity index (χ2n) is 4.16. The lowest BCUT2D eigenvalue weighted by molar-refractivity contribution is 0.0953. The van der Waals surface area contributed by atoms with Crippen LogP contribution in [0.4, 0.5) is 0 Å². The van der Waals surface area contributed by atoms with E-state index in [0.29, 0.717) is 18.7 Å². The molecule has 3 nitrogen and oxygen atoms in total. The SMILES string of the molecule is C=CCNC(C)C(=O)c1ccc(OCCC)cc1. The van der Waals surface area contributed by atoms with Crippen molar-refractivity contribution in [3.05, 3.63) is 42.5 Å². The first-order chi connectivity index (χ1) is 8.69. The number of rotatable bonds is 8. The fourth-order valence-electron chi connectivity index (χ4n) is 1.54. The van der Waals surface area contributed by atoms with E-state index in [2.05, 4.69) is 18.8 Å². The molecule has 0 spiro atoms. The van der Waals surface area contributed by atoms with Crippen LogP contribution in [0.2, 0.25) is 0 Å². The molecule has 1 aromatic rings. The number of carbonyl (C=O) groups is 1. The molecular formula is C15H21NO2. The van der Waals surface area contributed by atoms with Crippen LogP contribution in [0.1, 0.15) is 30.6 Å². The van der Waals surface area contributed by atoms with Gasteiger partial charge in [0.25, 0.3) is 0 Å². The molecular weight excluding hydrogens is 226 g/mol. The van der Waals surface area contributed by atoms with Gasteiger partial charge >= 0.3 is 0 Å². The van der Waals surface area contributed by atoms with E-state index in [-0.39, 0.29) is 11.8 Å². The van der Waals surface area contributed by atoms with E-state index < -0.39 is 0 Å². The molecule has 0 aliphatic heterocycles. The van der Waals surface area contributed by atoms with Crippen LogP contribution in [0, 0.1) is 0 Å². The molecule has 0 fully saturated rings. The van der Waals surface area contributed by atoms with Gasteiger partial charge in [-0.15, -0.1) is 6.58 Å². The summed E-state index contributed by atoms with van der Waals surface area (Å²) in [5.41, 5.74) is 0.697. The molecule has 0 bridgehead atoms. The predicted octanol–water partition coefficient (Wildman–Crippen LogP) is 2.82. The van der Waals surface area contributed by atoms with E-state index >= 15 is 0 Å². The number of hydrogen-bond donors (Lipinski definition) is 1. The summed E-state index contributed by atoms with van der Waals surface area (Å²) in [6.45, 7) is 8.86. The van der Waals surface area contributed by atoms with Crippen molar-refractivity contribution in [3.63, 3.8) is 0 Å². The highest BCUT2D eigenvalue weighted by Gasteiger charge is 2.13. The van der Waals surface area contributed by atoms with Crippen LogP contribution in [0.15, 0.2) is 36.9 Å². The first kappa shape index (κ1) is 14.5. The molecule has 0 amide bonds. The molecule has 1 unspecified atom stereocenters. The van der Waals surface area contributed by atoms with Gasteiger partial charge in [-0.25, -0.2) is 0 Å². The third-order valence-electron chi connectivity index (χ3n) is 2.57. The zero-order valence-corrected chi connectivity index (χ0v) is 11.1. The second kappa shape index (κ2) is 7.67. The number of hydrogen-bond acceptors (Lipinski definition) is 3. The summed E-state index contributed by atoms with van der Waals surface area (Å²) in [5.74, 6) is 0.888. The number of nitrogens with one attached hydrogen (secondary N) is 1. The molecule has 0 heterocycles. The van der Waals surface area contributed by atoms with E-state index in [1.807, 2.05) is 19.1 Å². The molecule has 0 saturated heterocycles. The maximum atomic E-state index is 12.0. The van der Waals surface area contributed by atoms with Crippen molar-refractivity contribution in [2.24, 2.45) is 0 Å². The first-order valence-corrected chi connectivity index (χ1v) is 6.30. The van der Waals surface area contributed by atoms with Crippen LogP contribution in [0.25, 0.3) is 0 Å². The van der Waals surface area contributed by atoms with Crippen molar-refractivity contribution in [1.82, 2.24) is 5.32 Å². The predicted molar refractivity (Wildman–Crippen MR) is 74.2 cm³/mol. The molecule has 1 N–H and O–H groups in total. The maximum Gasteiger partial charge on any atom is 0.179 e. The van der Waals surface area contributed by atoms with Gasteiger partial charge in [0, 0.05) is 12.1 Å². The van der Waals surface area contributed by atoms with Gasteiger partial charge in [0.2, 0.25) is 0 Å². The molecule has 0 saturated carbocycles. The number of Topliss-reactive ketones (excluding diaryl/α,β-unsaturated/α-hetero) is 1. The zero-order valence-electron chi connectivity index (χ0n) is 11.1. The van der Waals surface area contributed by atoms with Gasteiger partial charge < -0.3 is 10.1 Å². The second-order valence-corrected chi connectivity index (χ2v) is 4.16. The Bertz CT molecular complexity index is 384. The monoisotopic (exact) mass is 247 g/mol. The Hall–Kier alpha value is -1.61. The smallest absolute Gasteiger partial charge is 0.179 e. The molecule has 18 heavy (non-hydrogen) atoms. The Labute approximate surface area is 109 Å². The van der Waals surface area contributed by atoms with Crippen molar-refractivity contribution in [1.29, 1.82) is 0 Å². The van der Waals surface area contributed by atoms with Crippen LogP contribution >= 0.6 is 0 Å². The third-order valence-corrected chi connectivity index (χ3v) is 2.57. The Morgan fingerprint density at radius 2 is 2.11 bits per heavy atom. The molecule has 0 aliphatic rings. The van der Waals surface area contributed by atoms with Crippen molar-refractivity contribution < 1.29 is 9.53 Å². The highest BCUT2D eigenvalue weighted by Crippen LogP contribution is 2.13. The molecule has 98 valence electrons. The van der Waals surface area contributed by atoms with Crippen LogP contribution in [-0.4, -0.2) is 25.0 Å². The van der Waals surface area contributed by atoms with Gasteiger partial charge in [-0.2, -0.15) is 0 Å². The maximum absolute atomic E-state index is 12.0. The topological polar surface area (TPSA) is 38.3 Å². The summed E-state index contributed by atoms with van der Waals surface area (Å²) in [4.78, 5) is 12.0. The van der Waals surface area contributed by atoms with Gasteiger partial charge in [-0.05, 0) is 37.6 Å². The van der Waals surface area contributed by atoms with Crippen LogP contribution in [0.5, 0.6) is 5.75 Å². The van der Waals surface area contributed by atoms with Crippen molar-refractivity contribution in [3.8, 4) is 5.75 Å². The van der Waals surface area contributed by atoms with Crippen molar-refractivity contribution >= 4 is 5.78 Å². The highest BCUT2D eigenvalue weighted by molar-refractivity contribution is 5.99. The van der Waals surface area contributed by atoms with E-state index in [1.165, 1.54) is 0 Å². The lowest BCUT2D eigenvalue weighted by Crippen LogP contribution is -2.33. The number of carbonyl (C=O) groups excluding carboxylic acids is 1. The van der Waals surface area contributed by atoms with Crippen LogP contribution in [-0.2, 0) is 0 Å². The first-order valence-electron chi connectivity index (χ1n) is 6.30. The fourth-order valence-corrected chi connectivity index (χ4v) is 1.54. The van der Waals surface area contributed by atoms with Crippen LogP contribution in [0.3, 0.4) is 0 Å². The van der Waals surface area contributed by atoms with Gasteiger partial charge in [0.1, 0.15) is 5.75 Å². The average Bonchev–Trinajstić information content (AvgIpc) is 2.42. The highest BCUT2D eigenvalue weighted by atomic mass is 16.5. The van der Waals surface area contributed by atoms with E-state index in [4.69, 9.17) is 4.74 Å². The van der Waals surface area contributed by atoms with Crippen LogP contribution < -0.4 is 10.1 Å². The molecule has 1 rings (SSSR count). The van der Waals surface area contributed by atoms with E-state index in [1.54, 1.807) is 18.2 Å². The fraction of sp³-hybridized carbons (Fsp3) is 0.400. The lowest BCUT2D eigenvalue weighted by atomic mass is 10.1. The normalized spacial score (nSPS) is 11.9. The minimum atomic E-state index is -0.203.